The maximum atomic E-state index is 13.2. The minimum atomic E-state index is -0.536. The summed E-state index contributed by atoms with van der Waals surface area (Å²) in [6, 6.07) is 9.25. The summed E-state index contributed by atoms with van der Waals surface area (Å²) in [4.78, 5) is 43.6. The van der Waals surface area contributed by atoms with Gasteiger partial charge >= 0.3 is 6.03 Å². The van der Waals surface area contributed by atoms with Crippen LogP contribution < -0.4 is 5.32 Å². The first-order valence-corrected chi connectivity index (χ1v) is 12.4. The zero-order chi connectivity index (χ0) is 23.5. The third-order valence-corrected chi connectivity index (χ3v) is 6.38. The number of hydrogen-bond donors (Lipinski definition) is 1. The smallest absolute Gasteiger partial charge is 0.318 e. The van der Waals surface area contributed by atoms with E-state index in [4.69, 9.17) is 0 Å². The summed E-state index contributed by atoms with van der Waals surface area (Å²) in [5.41, 5.74) is 1.15. The Labute approximate surface area is 196 Å². The third-order valence-electron chi connectivity index (χ3n) is 5.58. The molecule has 1 aromatic rings. The molecular weight excluding hydrogens is 424 g/mol. The van der Waals surface area contributed by atoms with Gasteiger partial charge in [-0.15, -0.1) is 0 Å². The van der Waals surface area contributed by atoms with E-state index in [9.17, 15) is 14.4 Å². The Bertz CT molecular complexity index is 736. The number of amides is 3. The average molecular weight is 463 g/mol. The van der Waals surface area contributed by atoms with E-state index < -0.39 is 6.04 Å². The van der Waals surface area contributed by atoms with Crippen molar-refractivity contribution in [2.45, 2.75) is 39.7 Å². The van der Waals surface area contributed by atoms with Crippen molar-refractivity contribution in [1.29, 1.82) is 0 Å². The van der Waals surface area contributed by atoms with Crippen molar-refractivity contribution in [3.05, 3.63) is 35.9 Å². The van der Waals surface area contributed by atoms with E-state index in [0.717, 1.165) is 25.1 Å². The van der Waals surface area contributed by atoms with Gasteiger partial charge in [-0.25, -0.2) is 4.79 Å². The summed E-state index contributed by atoms with van der Waals surface area (Å²) in [7, 11) is 2.05. The fourth-order valence-electron chi connectivity index (χ4n) is 3.70. The molecule has 0 spiro atoms. The Balaban J connectivity index is 2.05. The van der Waals surface area contributed by atoms with E-state index in [0.29, 0.717) is 38.4 Å². The minimum Gasteiger partial charge on any atom is -0.338 e. The standard InChI is InChI=1S/C24H38N4O3S/c1-19(2)18-22(23(30)27-14-12-26(4)13-15-27)25-24(31)28(16-17-32-20(3)29)11-10-21-8-6-5-7-9-21/h5-9,19,22H,10-18H2,1-4H3,(H,25,31). The van der Waals surface area contributed by atoms with Gasteiger partial charge in [0.05, 0.1) is 0 Å². The molecule has 0 saturated carbocycles. The van der Waals surface area contributed by atoms with Crippen LogP contribution in [0.2, 0.25) is 0 Å². The van der Waals surface area contributed by atoms with Crippen LogP contribution in [0.5, 0.6) is 0 Å². The van der Waals surface area contributed by atoms with Gasteiger partial charge in [-0.1, -0.05) is 55.9 Å². The third kappa shape index (κ3) is 9.20. The maximum Gasteiger partial charge on any atom is 0.318 e. The van der Waals surface area contributed by atoms with Crippen molar-refractivity contribution in [2.24, 2.45) is 5.92 Å². The number of hydrogen-bond acceptors (Lipinski definition) is 5. The molecule has 0 aromatic heterocycles. The van der Waals surface area contributed by atoms with Gasteiger partial charge < -0.3 is 20.0 Å². The van der Waals surface area contributed by atoms with E-state index in [1.807, 2.05) is 35.2 Å². The van der Waals surface area contributed by atoms with Gasteiger partial charge in [-0.2, -0.15) is 0 Å². The molecule has 1 saturated heterocycles. The van der Waals surface area contributed by atoms with Crippen LogP contribution in [0.1, 0.15) is 32.8 Å². The largest absolute Gasteiger partial charge is 0.338 e. The zero-order valence-electron chi connectivity index (χ0n) is 19.9. The Kier molecular flexibility index (Phi) is 11.0. The number of piperazine rings is 1. The van der Waals surface area contributed by atoms with Gasteiger partial charge in [0.2, 0.25) is 5.91 Å². The number of thioether (sulfide) groups is 1. The fraction of sp³-hybridized carbons (Fsp3) is 0.625. The molecule has 7 nitrogen and oxygen atoms in total. The highest BCUT2D eigenvalue weighted by Gasteiger charge is 2.29. The Hall–Kier alpha value is -2.06. The van der Waals surface area contributed by atoms with Crippen molar-refractivity contribution in [1.82, 2.24) is 20.0 Å². The molecule has 1 atom stereocenters. The van der Waals surface area contributed by atoms with Crippen LogP contribution in [0, 0.1) is 5.92 Å². The lowest BCUT2D eigenvalue weighted by Crippen LogP contribution is -2.56. The highest BCUT2D eigenvalue weighted by Crippen LogP contribution is 2.12. The summed E-state index contributed by atoms with van der Waals surface area (Å²) < 4.78 is 0. The molecule has 0 bridgehead atoms. The number of carbonyl (C=O) groups is 3. The molecule has 32 heavy (non-hydrogen) atoms. The summed E-state index contributed by atoms with van der Waals surface area (Å²) >= 11 is 1.22. The highest BCUT2D eigenvalue weighted by atomic mass is 32.2. The molecule has 1 fully saturated rings. The zero-order valence-corrected chi connectivity index (χ0v) is 20.7. The predicted molar refractivity (Wildman–Crippen MR) is 131 cm³/mol. The molecule has 2 rings (SSSR count). The molecule has 1 aromatic carbocycles. The Morgan fingerprint density at radius 2 is 1.72 bits per heavy atom. The molecule has 3 amide bonds. The fourth-order valence-corrected chi connectivity index (χ4v) is 4.30. The number of nitrogens with one attached hydrogen (secondary N) is 1. The number of carbonyl (C=O) groups excluding carboxylic acids is 3. The van der Waals surface area contributed by atoms with Gasteiger partial charge in [0.1, 0.15) is 6.04 Å². The summed E-state index contributed by atoms with van der Waals surface area (Å²) in [6.07, 6.45) is 1.33. The van der Waals surface area contributed by atoms with E-state index in [1.54, 1.807) is 4.90 Å². The van der Waals surface area contributed by atoms with Crippen molar-refractivity contribution >= 4 is 28.8 Å². The quantitative estimate of drug-likeness (QED) is 0.579. The summed E-state index contributed by atoms with van der Waals surface area (Å²) in [5, 5.41) is 3.06. The Morgan fingerprint density at radius 1 is 1.06 bits per heavy atom. The van der Waals surface area contributed by atoms with Gasteiger partial charge in [0, 0.05) is 51.9 Å². The monoisotopic (exact) mass is 462 g/mol. The lowest BCUT2D eigenvalue weighted by molar-refractivity contribution is -0.135. The molecule has 1 aliphatic heterocycles. The van der Waals surface area contributed by atoms with Crippen molar-refractivity contribution < 1.29 is 14.4 Å². The van der Waals surface area contributed by atoms with E-state index >= 15 is 0 Å². The molecule has 1 heterocycles. The molecule has 1 unspecified atom stereocenters. The van der Waals surface area contributed by atoms with Crippen LogP contribution >= 0.6 is 11.8 Å². The topological polar surface area (TPSA) is 73.0 Å². The van der Waals surface area contributed by atoms with Gasteiger partial charge in [0.15, 0.2) is 5.12 Å². The number of urea groups is 1. The van der Waals surface area contributed by atoms with Crippen LogP contribution in [-0.2, 0) is 16.0 Å². The van der Waals surface area contributed by atoms with Crippen molar-refractivity contribution in [3.63, 3.8) is 0 Å². The Morgan fingerprint density at radius 3 is 2.31 bits per heavy atom. The first-order valence-electron chi connectivity index (χ1n) is 11.5. The molecule has 0 aliphatic carbocycles. The first kappa shape index (κ1) is 26.2. The number of rotatable bonds is 10. The first-order chi connectivity index (χ1) is 15.3. The summed E-state index contributed by atoms with van der Waals surface area (Å²) in [5.74, 6) is 0.822. The van der Waals surface area contributed by atoms with Crippen molar-refractivity contribution in [2.75, 3.05) is 52.1 Å². The number of benzene rings is 1. The lowest BCUT2D eigenvalue weighted by Gasteiger charge is -2.35. The normalized spacial score (nSPS) is 15.5. The van der Waals surface area contributed by atoms with Gasteiger partial charge in [0.25, 0.3) is 0 Å². The molecule has 0 radical (unpaired) electrons. The average Bonchev–Trinajstić information content (AvgIpc) is 2.75. The molecular formula is C24H38N4O3S. The predicted octanol–water partition coefficient (Wildman–Crippen LogP) is 2.71. The van der Waals surface area contributed by atoms with E-state index in [1.165, 1.54) is 18.7 Å². The molecule has 1 aliphatic rings. The van der Waals surface area contributed by atoms with Crippen LogP contribution in [-0.4, -0.2) is 89.9 Å². The second kappa shape index (κ2) is 13.5. The highest BCUT2D eigenvalue weighted by molar-refractivity contribution is 8.13. The lowest BCUT2D eigenvalue weighted by atomic mass is 10.0. The van der Waals surface area contributed by atoms with E-state index in [2.05, 4.69) is 31.1 Å². The summed E-state index contributed by atoms with van der Waals surface area (Å²) in [6.45, 7) is 9.72. The number of nitrogens with zero attached hydrogens (tertiary/aromatic N) is 3. The van der Waals surface area contributed by atoms with Crippen LogP contribution in [0.3, 0.4) is 0 Å². The van der Waals surface area contributed by atoms with E-state index in [-0.39, 0.29) is 23.0 Å². The van der Waals surface area contributed by atoms with Crippen LogP contribution in [0.15, 0.2) is 30.3 Å². The number of likely N-dealkylation sites (N-methyl/N-ethyl adjacent to an activating group) is 1. The SMILES string of the molecule is CC(=O)SCCN(CCc1ccccc1)C(=O)NC(CC(C)C)C(=O)N1CCN(C)CC1. The van der Waals surface area contributed by atoms with Crippen molar-refractivity contribution in [3.8, 4) is 0 Å². The molecule has 8 heteroatoms. The maximum absolute atomic E-state index is 13.2. The van der Waals surface area contributed by atoms with Gasteiger partial charge in [-0.05, 0) is 31.4 Å². The molecule has 178 valence electrons. The second-order valence-electron chi connectivity index (χ2n) is 8.82. The minimum absolute atomic E-state index is 0.00118. The molecule has 1 N–H and O–H groups in total. The van der Waals surface area contributed by atoms with Crippen LogP contribution in [0.4, 0.5) is 4.79 Å². The van der Waals surface area contributed by atoms with Crippen LogP contribution in [0.25, 0.3) is 0 Å². The second-order valence-corrected chi connectivity index (χ2v) is 10.1. The van der Waals surface area contributed by atoms with Gasteiger partial charge in [-0.3, -0.25) is 9.59 Å².